The molecule has 1 aromatic carbocycles. The SMILES string of the molecule is CC1CCN(C(N)=NCCS(=O)Cc2ccccc2)CC1.I. The molecule has 22 heavy (non-hydrogen) atoms. The van der Waals surface area contributed by atoms with Crippen LogP contribution in [0.15, 0.2) is 35.3 Å². The number of piperidine rings is 1. The van der Waals surface area contributed by atoms with Gasteiger partial charge in [-0.15, -0.1) is 24.0 Å². The Morgan fingerprint density at radius 1 is 1.32 bits per heavy atom. The van der Waals surface area contributed by atoms with Crippen LogP contribution in [-0.4, -0.2) is 40.5 Å². The minimum Gasteiger partial charge on any atom is -0.370 e. The van der Waals surface area contributed by atoms with E-state index >= 15 is 0 Å². The van der Waals surface area contributed by atoms with E-state index in [0.29, 0.717) is 24.0 Å². The van der Waals surface area contributed by atoms with Crippen molar-refractivity contribution in [2.45, 2.75) is 25.5 Å². The zero-order valence-electron chi connectivity index (χ0n) is 13.1. The molecule has 1 unspecified atom stereocenters. The molecule has 2 rings (SSSR count). The van der Waals surface area contributed by atoms with Gasteiger partial charge in [0.1, 0.15) is 0 Å². The summed E-state index contributed by atoms with van der Waals surface area (Å²) in [5, 5.41) is 0. The van der Waals surface area contributed by atoms with E-state index in [9.17, 15) is 4.21 Å². The quantitative estimate of drug-likeness (QED) is 0.440. The predicted molar refractivity (Wildman–Crippen MR) is 105 cm³/mol. The van der Waals surface area contributed by atoms with Gasteiger partial charge in [0.2, 0.25) is 0 Å². The van der Waals surface area contributed by atoms with Crippen LogP contribution in [-0.2, 0) is 16.6 Å². The van der Waals surface area contributed by atoms with E-state index < -0.39 is 10.8 Å². The number of likely N-dealkylation sites (tertiary alicyclic amines) is 1. The van der Waals surface area contributed by atoms with Crippen molar-refractivity contribution in [2.24, 2.45) is 16.6 Å². The van der Waals surface area contributed by atoms with Gasteiger partial charge in [0.25, 0.3) is 0 Å². The number of guanidine groups is 1. The number of rotatable bonds is 5. The fourth-order valence-corrected chi connectivity index (χ4v) is 3.44. The van der Waals surface area contributed by atoms with E-state index in [0.717, 1.165) is 24.6 Å². The molecule has 1 heterocycles. The Hall–Kier alpha value is -0.630. The average Bonchev–Trinajstić information content (AvgIpc) is 2.49. The maximum Gasteiger partial charge on any atom is 0.191 e. The second kappa shape index (κ2) is 10.2. The third-order valence-corrected chi connectivity index (χ3v) is 5.16. The van der Waals surface area contributed by atoms with E-state index in [-0.39, 0.29) is 24.0 Å². The molecule has 4 nitrogen and oxygen atoms in total. The van der Waals surface area contributed by atoms with E-state index in [2.05, 4.69) is 16.8 Å². The van der Waals surface area contributed by atoms with Gasteiger partial charge in [0.15, 0.2) is 5.96 Å². The lowest BCUT2D eigenvalue weighted by atomic mass is 10.00. The summed E-state index contributed by atoms with van der Waals surface area (Å²) in [6, 6.07) is 9.92. The maximum absolute atomic E-state index is 12.0. The van der Waals surface area contributed by atoms with Crippen molar-refractivity contribution in [3.63, 3.8) is 0 Å². The Morgan fingerprint density at radius 2 is 1.95 bits per heavy atom. The lowest BCUT2D eigenvalue weighted by molar-refractivity contribution is 0.278. The number of halogens is 1. The summed E-state index contributed by atoms with van der Waals surface area (Å²) < 4.78 is 12.0. The monoisotopic (exact) mass is 435 g/mol. The summed E-state index contributed by atoms with van der Waals surface area (Å²) in [5.41, 5.74) is 7.12. The first-order chi connectivity index (χ1) is 10.1. The fourth-order valence-electron chi connectivity index (χ4n) is 2.43. The van der Waals surface area contributed by atoms with Crippen molar-refractivity contribution in [1.82, 2.24) is 4.90 Å². The van der Waals surface area contributed by atoms with Crippen LogP contribution in [0.4, 0.5) is 0 Å². The molecule has 1 aliphatic rings. The van der Waals surface area contributed by atoms with Crippen LogP contribution in [0.3, 0.4) is 0 Å². The number of nitrogens with two attached hydrogens (primary N) is 1. The molecule has 0 bridgehead atoms. The lowest BCUT2D eigenvalue weighted by Gasteiger charge is -2.31. The Labute approximate surface area is 153 Å². The molecule has 0 aromatic heterocycles. The van der Waals surface area contributed by atoms with Gasteiger partial charge in [-0.2, -0.15) is 0 Å². The number of benzene rings is 1. The molecular weight excluding hydrogens is 409 g/mol. The fraction of sp³-hybridized carbons (Fsp3) is 0.562. The summed E-state index contributed by atoms with van der Waals surface area (Å²) in [5.74, 6) is 2.56. The molecule has 1 atom stereocenters. The molecule has 0 radical (unpaired) electrons. The molecule has 124 valence electrons. The molecule has 1 aromatic rings. The number of hydrogen-bond donors (Lipinski definition) is 1. The highest BCUT2D eigenvalue weighted by atomic mass is 127. The van der Waals surface area contributed by atoms with Gasteiger partial charge >= 0.3 is 0 Å². The normalized spacial score (nSPS) is 17.9. The van der Waals surface area contributed by atoms with Gasteiger partial charge in [0.05, 0.1) is 6.54 Å². The van der Waals surface area contributed by atoms with Crippen molar-refractivity contribution < 1.29 is 4.21 Å². The Balaban J connectivity index is 0.00000242. The minimum absolute atomic E-state index is 0. The van der Waals surface area contributed by atoms with Crippen molar-refractivity contribution in [2.75, 3.05) is 25.4 Å². The number of nitrogens with zero attached hydrogens (tertiary/aromatic N) is 2. The molecule has 1 aliphatic heterocycles. The average molecular weight is 435 g/mol. The molecule has 2 N–H and O–H groups in total. The molecule has 0 aliphatic carbocycles. The Bertz CT molecular complexity index is 487. The zero-order valence-corrected chi connectivity index (χ0v) is 16.3. The molecule has 1 fully saturated rings. The van der Waals surface area contributed by atoms with Crippen LogP contribution >= 0.6 is 24.0 Å². The van der Waals surface area contributed by atoms with E-state index in [1.165, 1.54) is 12.8 Å². The summed E-state index contributed by atoms with van der Waals surface area (Å²) in [7, 11) is -0.879. The van der Waals surface area contributed by atoms with Gasteiger partial charge in [-0.1, -0.05) is 37.3 Å². The predicted octanol–water partition coefficient (Wildman–Crippen LogP) is 2.60. The summed E-state index contributed by atoms with van der Waals surface area (Å²) in [6.07, 6.45) is 2.35. The minimum atomic E-state index is -0.879. The third kappa shape index (κ3) is 6.64. The van der Waals surface area contributed by atoms with E-state index in [1.807, 2.05) is 30.3 Å². The van der Waals surface area contributed by atoms with E-state index in [4.69, 9.17) is 5.73 Å². The van der Waals surface area contributed by atoms with Crippen molar-refractivity contribution in [1.29, 1.82) is 0 Å². The topological polar surface area (TPSA) is 58.7 Å². The molecule has 1 saturated heterocycles. The van der Waals surface area contributed by atoms with Gasteiger partial charge in [-0.25, -0.2) is 0 Å². The molecule has 0 saturated carbocycles. The van der Waals surface area contributed by atoms with E-state index in [1.54, 1.807) is 0 Å². The summed E-state index contributed by atoms with van der Waals surface area (Å²) >= 11 is 0. The standard InChI is InChI=1S/C16H25N3OS.HI/c1-14-7-10-19(11-8-14)16(17)18-9-12-21(20)13-15-5-3-2-4-6-15;/h2-6,14H,7-13H2,1H3,(H2,17,18);1H. The number of hydrogen-bond acceptors (Lipinski definition) is 2. The van der Waals surface area contributed by atoms with Crippen LogP contribution in [0.1, 0.15) is 25.3 Å². The molecule has 0 spiro atoms. The van der Waals surface area contributed by atoms with Crippen molar-refractivity contribution in [3.05, 3.63) is 35.9 Å². The van der Waals surface area contributed by atoms with Gasteiger partial charge < -0.3 is 10.6 Å². The smallest absolute Gasteiger partial charge is 0.191 e. The van der Waals surface area contributed by atoms with Crippen LogP contribution in [0.2, 0.25) is 0 Å². The second-order valence-electron chi connectivity index (χ2n) is 5.68. The second-order valence-corrected chi connectivity index (χ2v) is 7.26. The first kappa shape index (κ1) is 19.4. The van der Waals surface area contributed by atoms with Crippen LogP contribution in [0.25, 0.3) is 0 Å². The van der Waals surface area contributed by atoms with Crippen molar-refractivity contribution in [3.8, 4) is 0 Å². The van der Waals surface area contributed by atoms with Crippen LogP contribution in [0.5, 0.6) is 0 Å². The molecular formula is C16H26IN3OS. The summed E-state index contributed by atoms with van der Waals surface area (Å²) in [6.45, 7) is 4.79. The largest absolute Gasteiger partial charge is 0.370 e. The summed E-state index contributed by atoms with van der Waals surface area (Å²) in [4.78, 5) is 6.52. The van der Waals surface area contributed by atoms with Crippen LogP contribution in [0, 0.1) is 5.92 Å². The first-order valence-corrected chi connectivity index (χ1v) is 9.07. The highest BCUT2D eigenvalue weighted by molar-refractivity contribution is 14.0. The van der Waals surface area contributed by atoms with Gasteiger partial charge in [0, 0.05) is 35.4 Å². The Morgan fingerprint density at radius 3 is 2.59 bits per heavy atom. The lowest BCUT2D eigenvalue weighted by Crippen LogP contribution is -2.42. The molecule has 6 heteroatoms. The maximum atomic E-state index is 12.0. The molecule has 0 amide bonds. The van der Waals surface area contributed by atoms with Crippen molar-refractivity contribution >= 4 is 40.7 Å². The van der Waals surface area contributed by atoms with Gasteiger partial charge in [-0.05, 0) is 24.3 Å². The Kier molecular flexibility index (Phi) is 9.00. The number of aliphatic imine (C=N–C) groups is 1. The van der Waals surface area contributed by atoms with Gasteiger partial charge in [-0.3, -0.25) is 9.20 Å². The van der Waals surface area contributed by atoms with Crippen LogP contribution < -0.4 is 5.73 Å². The highest BCUT2D eigenvalue weighted by Gasteiger charge is 2.16. The first-order valence-electron chi connectivity index (χ1n) is 7.59. The highest BCUT2D eigenvalue weighted by Crippen LogP contribution is 2.15. The third-order valence-electron chi connectivity index (χ3n) is 3.87. The zero-order chi connectivity index (χ0) is 15.1.